The maximum absolute atomic E-state index is 12.1. The van der Waals surface area contributed by atoms with Crippen LogP contribution in [0.25, 0.3) is 0 Å². The second kappa shape index (κ2) is 5.24. The van der Waals surface area contributed by atoms with E-state index in [0.29, 0.717) is 17.9 Å². The Kier molecular flexibility index (Phi) is 4.19. The van der Waals surface area contributed by atoms with Gasteiger partial charge < -0.3 is 14.9 Å². The zero-order chi connectivity index (χ0) is 13.1. The number of amides is 2. The molecule has 1 heterocycles. The summed E-state index contributed by atoms with van der Waals surface area (Å²) in [4.78, 5) is 23.7. The predicted molar refractivity (Wildman–Crippen MR) is 51.5 cm³/mol. The molecule has 0 aromatic carbocycles. The molecule has 1 aliphatic heterocycles. The van der Waals surface area contributed by atoms with E-state index in [1.54, 1.807) is 0 Å². The maximum Gasteiger partial charge on any atom is 0.406 e. The van der Waals surface area contributed by atoms with Crippen molar-refractivity contribution >= 4 is 12.0 Å². The highest BCUT2D eigenvalue weighted by Crippen LogP contribution is 2.19. The number of rotatable bonds is 4. The van der Waals surface area contributed by atoms with E-state index < -0.39 is 24.7 Å². The number of nitrogens with zero attached hydrogens (tertiary/aromatic N) is 2. The Morgan fingerprint density at radius 2 is 1.88 bits per heavy atom. The van der Waals surface area contributed by atoms with Crippen molar-refractivity contribution in [1.82, 2.24) is 9.80 Å². The Bertz CT molecular complexity index is 306. The van der Waals surface area contributed by atoms with Crippen LogP contribution in [0, 0.1) is 0 Å². The Labute approximate surface area is 95.8 Å². The van der Waals surface area contributed by atoms with Crippen molar-refractivity contribution < 1.29 is 27.9 Å². The van der Waals surface area contributed by atoms with Gasteiger partial charge in [-0.05, 0) is 6.42 Å². The third-order valence-corrected chi connectivity index (χ3v) is 2.36. The van der Waals surface area contributed by atoms with E-state index in [-0.39, 0.29) is 19.5 Å². The first-order valence-electron chi connectivity index (χ1n) is 5.12. The first-order chi connectivity index (χ1) is 7.79. The van der Waals surface area contributed by atoms with E-state index in [1.807, 2.05) is 0 Å². The summed E-state index contributed by atoms with van der Waals surface area (Å²) in [7, 11) is 0. The minimum atomic E-state index is -4.43. The van der Waals surface area contributed by atoms with Gasteiger partial charge >= 0.3 is 18.2 Å². The average molecular weight is 254 g/mol. The van der Waals surface area contributed by atoms with Crippen LogP contribution >= 0.6 is 0 Å². The van der Waals surface area contributed by atoms with Crippen molar-refractivity contribution in [3.63, 3.8) is 0 Å². The first kappa shape index (κ1) is 13.6. The molecular formula is C9H13F3N2O3. The minimum absolute atomic E-state index is 0.0531. The SMILES string of the molecule is O=C(O)CCN1CCCN(CC(F)(F)F)C1=O. The van der Waals surface area contributed by atoms with Gasteiger partial charge in [-0.25, -0.2) is 4.79 Å². The normalized spacial score (nSPS) is 17.5. The fraction of sp³-hybridized carbons (Fsp3) is 0.778. The molecule has 0 unspecified atom stereocenters. The maximum atomic E-state index is 12.1. The molecule has 1 rings (SSSR count). The molecule has 0 aromatic rings. The molecule has 0 atom stereocenters. The Morgan fingerprint density at radius 3 is 2.41 bits per heavy atom. The van der Waals surface area contributed by atoms with Crippen molar-refractivity contribution in [1.29, 1.82) is 0 Å². The van der Waals surface area contributed by atoms with Gasteiger partial charge in [0.2, 0.25) is 0 Å². The second-order valence-corrected chi connectivity index (χ2v) is 3.80. The number of hydrogen-bond acceptors (Lipinski definition) is 2. The number of hydrogen-bond donors (Lipinski definition) is 1. The lowest BCUT2D eigenvalue weighted by molar-refractivity contribution is -0.143. The molecule has 1 aliphatic rings. The van der Waals surface area contributed by atoms with Crippen LogP contribution in [0.2, 0.25) is 0 Å². The third-order valence-electron chi connectivity index (χ3n) is 2.36. The van der Waals surface area contributed by atoms with Gasteiger partial charge in [0, 0.05) is 19.6 Å². The largest absolute Gasteiger partial charge is 0.481 e. The summed E-state index contributed by atoms with van der Waals surface area (Å²) in [5.41, 5.74) is 0. The highest BCUT2D eigenvalue weighted by atomic mass is 19.4. The fourth-order valence-corrected chi connectivity index (χ4v) is 1.64. The van der Waals surface area contributed by atoms with Crippen LogP contribution in [0.1, 0.15) is 12.8 Å². The molecule has 0 saturated carbocycles. The van der Waals surface area contributed by atoms with E-state index in [4.69, 9.17) is 5.11 Å². The number of carbonyl (C=O) groups is 2. The Morgan fingerprint density at radius 1 is 1.29 bits per heavy atom. The number of aliphatic carboxylic acids is 1. The summed E-state index contributed by atoms with van der Waals surface area (Å²) in [5, 5.41) is 8.45. The molecule has 2 amide bonds. The molecule has 0 bridgehead atoms. The molecule has 0 radical (unpaired) electrons. The lowest BCUT2D eigenvalue weighted by Gasteiger charge is -2.35. The summed E-state index contributed by atoms with van der Waals surface area (Å²) in [5.74, 6) is -1.08. The summed E-state index contributed by atoms with van der Waals surface area (Å²) >= 11 is 0. The number of halogens is 3. The van der Waals surface area contributed by atoms with Gasteiger partial charge in [0.25, 0.3) is 0 Å². The van der Waals surface area contributed by atoms with Crippen LogP contribution in [-0.2, 0) is 4.79 Å². The van der Waals surface area contributed by atoms with Gasteiger partial charge in [-0.2, -0.15) is 13.2 Å². The van der Waals surface area contributed by atoms with Crippen molar-refractivity contribution in [2.24, 2.45) is 0 Å². The molecule has 1 N–H and O–H groups in total. The summed E-state index contributed by atoms with van der Waals surface area (Å²) < 4.78 is 36.4. The summed E-state index contributed by atoms with van der Waals surface area (Å²) in [6.45, 7) is -0.972. The van der Waals surface area contributed by atoms with E-state index >= 15 is 0 Å². The predicted octanol–water partition coefficient (Wildman–Crippen LogP) is 1.15. The van der Waals surface area contributed by atoms with Gasteiger partial charge in [-0.3, -0.25) is 4.79 Å². The summed E-state index contributed by atoms with van der Waals surface area (Å²) in [6.07, 6.45) is -4.27. The fourth-order valence-electron chi connectivity index (χ4n) is 1.64. The van der Waals surface area contributed by atoms with Gasteiger partial charge in [0.15, 0.2) is 0 Å². The van der Waals surface area contributed by atoms with E-state index in [2.05, 4.69) is 0 Å². The topological polar surface area (TPSA) is 60.9 Å². The molecule has 0 aromatic heterocycles. The minimum Gasteiger partial charge on any atom is -0.481 e. The van der Waals surface area contributed by atoms with Crippen LogP contribution in [-0.4, -0.2) is 59.3 Å². The zero-order valence-electron chi connectivity index (χ0n) is 9.03. The van der Waals surface area contributed by atoms with E-state index in [9.17, 15) is 22.8 Å². The highest BCUT2D eigenvalue weighted by Gasteiger charge is 2.36. The van der Waals surface area contributed by atoms with Gasteiger partial charge in [0.05, 0.1) is 6.42 Å². The smallest absolute Gasteiger partial charge is 0.406 e. The van der Waals surface area contributed by atoms with E-state index in [0.717, 1.165) is 4.90 Å². The van der Waals surface area contributed by atoms with Gasteiger partial charge in [0.1, 0.15) is 6.54 Å². The highest BCUT2D eigenvalue weighted by molar-refractivity contribution is 5.76. The van der Waals surface area contributed by atoms with Crippen LogP contribution in [0.5, 0.6) is 0 Å². The molecule has 5 nitrogen and oxygen atoms in total. The molecule has 17 heavy (non-hydrogen) atoms. The van der Waals surface area contributed by atoms with Crippen molar-refractivity contribution in [2.75, 3.05) is 26.2 Å². The molecular weight excluding hydrogens is 241 g/mol. The van der Waals surface area contributed by atoms with Crippen molar-refractivity contribution in [2.45, 2.75) is 19.0 Å². The van der Waals surface area contributed by atoms with Crippen LogP contribution in [0.3, 0.4) is 0 Å². The van der Waals surface area contributed by atoms with Gasteiger partial charge in [-0.15, -0.1) is 0 Å². The molecule has 98 valence electrons. The lowest BCUT2D eigenvalue weighted by atomic mass is 10.2. The second-order valence-electron chi connectivity index (χ2n) is 3.80. The van der Waals surface area contributed by atoms with Crippen molar-refractivity contribution in [3.8, 4) is 0 Å². The quantitative estimate of drug-likeness (QED) is 0.818. The lowest BCUT2D eigenvalue weighted by Crippen LogP contribution is -2.52. The Balaban J connectivity index is 2.53. The number of alkyl halides is 3. The number of urea groups is 1. The van der Waals surface area contributed by atoms with Crippen LogP contribution in [0.15, 0.2) is 0 Å². The average Bonchev–Trinajstić information content (AvgIpc) is 2.17. The summed E-state index contributed by atoms with van der Waals surface area (Å²) in [6, 6.07) is -0.741. The van der Waals surface area contributed by atoms with Crippen LogP contribution in [0.4, 0.5) is 18.0 Å². The first-order valence-corrected chi connectivity index (χ1v) is 5.12. The molecule has 8 heteroatoms. The molecule has 0 spiro atoms. The number of carboxylic acid groups (broad SMARTS) is 1. The van der Waals surface area contributed by atoms with Crippen LogP contribution < -0.4 is 0 Å². The molecule has 1 saturated heterocycles. The third kappa shape index (κ3) is 4.49. The molecule has 1 fully saturated rings. The standard InChI is InChI=1S/C9H13F3N2O3/c10-9(11,12)6-14-4-1-3-13(8(14)17)5-2-7(15)16/h1-6H2,(H,15,16). The number of carboxylic acids is 1. The van der Waals surface area contributed by atoms with E-state index in [1.165, 1.54) is 0 Å². The Hall–Kier alpha value is -1.47. The zero-order valence-corrected chi connectivity index (χ0v) is 9.03. The molecule has 0 aliphatic carbocycles. The monoisotopic (exact) mass is 254 g/mol. The van der Waals surface area contributed by atoms with Gasteiger partial charge in [-0.1, -0.05) is 0 Å². The number of carbonyl (C=O) groups excluding carboxylic acids is 1. The van der Waals surface area contributed by atoms with Crippen molar-refractivity contribution in [3.05, 3.63) is 0 Å².